The van der Waals surface area contributed by atoms with Gasteiger partial charge in [-0.1, -0.05) is 28.9 Å². The zero-order valence-electron chi connectivity index (χ0n) is 13.4. The molecule has 2 rings (SSSR count). The van der Waals surface area contributed by atoms with Crippen LogP contribution in [0.5, 0.6) is 5.75 Å². The van der Waals surface area contributed by atoms with Crippen molar-refractivity contribution >= 4 is 37.5 Å². The third kappa shape index (κ3) is 4.23. The summed E-state index contributed by atoms with van der Waals surface area (Å²) in [5.74, 6) is -0.509. The molecule has 132 valence electrons. The van der Waals surface area contributed by atoms with E-state index in [1.807, 2.05) is 0 Å². The maximum Gasteiger partial charge on any atom is 0.339 e. The molecule has 0 saturated heterocycles. The molecule has 0 radical (unpaired) electrons. The Balaban J connectivity index is 2.56. The summed E-state index contributed by atoms with van der Waals surface area (Å²) in [6, 6.07) is 7.90. The van der Waals surface area contributed by atoms with E-state index < -0.39 is 15.0 Å². The molecule has 0 aliphatic carbocycles. The molecule has 7 nitrogen and oxygen atoms in total. The van der Waals surface area contributed by atoms with Crippen LogP contribution < -0.4 is 4.18 Å². The average molecular weight is 428 g/mol. The highest BCUT2D eigenvalue weighted by atomic mass is 79.9. The number of ketones is 1. The van der Waals surface area contributed by atoms with Crippen molar-refractivity contribution in [3.8, 4) is 5.75 Å². The number of hydrogen-bond acceptors (Lipinski definition) is 6. The number of non-ortho nitro benzene ring substituents is 1. The van der Waals surface area contributed by atoms with Gasteiger partial charge in [0.15, 0.2) is 11.5 Å². The van der Waals surface area contributed by atoms with Crippen LogP contribution in [-0.2, 0) is 16.5 Å². The molecule has 25 heavy (non-hydrogen) atoms. The molecule has 0 amide bonds. The minimum Gasteiger partial charge on any atom is -0.378 e. The van der Waals surface area contributed by atoms with Crippen molar-refractivity contribution in [2.75, 3.05) is 0 Å². The Morgan fingerprint density at radius 3 is 2.48 bits per heavy atom. The number of Topliss-reactive ketones (excluding diaryl/α,β-unsaturated/α-hetero) is 1. The highest BCUT2D eigenvalue weighted by Gasteiger charge is 2.25. The van der Waals surface area contributed by atoms with Gasteiger partial charge in [0, 0.05) is 16.6 Å². The molecule has 2 aromatic carbocycles. The quantitative estimate of drug-likeness (QED) is 0.299. The lowest BCUT2D eigenvalue weighted by Crippen LogP contribution is -2.14. The van der Waals surface area contributed by atoms with Crippen LogP contribution in [0, 0.1) is 10.1 Å². The molecule has 0 spiro atoms. The number of nitro benzene ring substituents is 1. The first kappa shape index (κ1) is 19.1. The molecule has 0 N–H and O–H groups in total. The highest BCUT2D eigenvalue weighted by molar-refractivity contribution is 9.10. The summed E-state index contributed by atoms with van der Waals surface area (Å²) in [5.41, 5.74) is 0.107. The lowest BCUT2D eigenvalue weighted by Gasteiger charge is -2.12. The first-order chi connectivity index (χ1) is 11.7. The molecule has 0 fully saturated rings. The third-order valence-electron chi connectivity index (χ3n) is 3.43. The summed E-state index contributed by atoms with van der Waals surface area (Å²) in [4.78, 5) is 21.7. The van der Waals surface area contributed by atoms with Gasteiger partial charge < -0.3 is 4.18 Å². The summed E-state index contributed by atoms with van der Waals surface area (Å²) >= 11 is 3.21. The van der Waals surface area contributed by atoms with Crippen molar-refractivity contribution in [1.82, 2.24) is 0 Å². The SMILES string of the molecule is CCc1ccc([N+](=O)[O-])cc1S(=O)(=O)Oc1ccc(Br)cc1C(C)=O. The molecule has 0 heterocycles. The van der Waals surface area contributed by atoms with Crippen LogP contribution in [0.1, 0.15) is 29.8 Å². The molecule has 0 aliphatic heterocycles. The van der Waals surface area contributed by atoms with E-state index in [0.29, 0.717) is 16.5 Å². The summed E-state index contributed by atoms with van der Waals surface area (Å²) in [5, 5.41) is 10.9. The van der Waals surface area contributed by atoms with Crippen molar-refractivity contribution in [1.29, 1.82) is 0 Å². The molecule has 0 aromatic heterocycles. The van der Waals surface area contributed by atoms with E-state index in [2.05, 4.69) is 15.9 Å². The summed E-state index contributed by atoms with van der Waals surface area (Å²) in [6.45, 7) is 3.01. The lowest BCUT2D eigenvalue weighted by molar-refractivity contribution is -0.385. The van der Waals surface area contributed by atoms with E-state index in [0.717, 1.165) is 6.07 Å². The topological polar surface area (TPSA) is 104 Å². The zero-order chi connectivity index (χ0) is 18.8. The predicted octanol–water partition coefficient (Wildman–Crippen LogP) is 3.89. The molecule has 0 saturated carbocycles. The van der Waals surface area contributed by atoms with Crippen LogP contribution >= 0.6 is 15.9 Å². The molecule has 2 aromatic rings. The van der Waals surface area contributed by atoms with E-state index in [-0.39, 0.29) is 27.7 Å². The second-order valence-corrected chi connectivity index (χ2v) is 7.57. The van der Waals surface area contributed by atoms with Gasteiger partial charge in [0.1, 0.15) is 4.90 Å². The first-order valence-electron chi connectivity index (χ1n) is 7.18. The number of halogens is 1. The van der Waals surface area contributed by atoms with Gasteiger partial charge >= 0.3 is 10.1 Å². The van der Waals surface area contributed by atoms with Crippen molar-refractivity contribution in [2.45, 2.75) is 25.2 Å². The van der Waals surface area contributed by atoms with Crippen LogP contribution in [0.4, 0.5) is 5.69 Å². The van der Waals surface area contributed by atoms with E-state index in [4.69, 9.17) is 4.18 Å². The van der Waals surface area contributed by atoms with Crippen molar-refractivity contribution < 1.29 is 22.3 Å². The number of aryl methyl sites for hydroxylation is 1. The largest absolute Gasteiger partial charge is 0.378 e. The number of nitrogens with zero attached hydrogens (tertiary/aromatic N) is 1. The van der Waals surface area contributed by atoms with Crippen LogP contribution in [0.2, 0.25) is 0 Å². The van der Waals surface area contributed by atoms with Gasteiger partial charge in [0.25, 0.3) is 5.69 Å². The van der Waals surface area contributed by atoms with Gasteiger partial charge in [-0.25, -0.2) is 0 Å². The third-order valence-corrected chi connectivity index (χ3v) is 5.24. The van der Waals surface area contributed by atoms with Gasteiger partial charge in [-0.2, -0.15) is 8.42 Å². The van der Waals surface area contributed by atoms with Crippen LogP contribution in [0.25, 0.3) is 0 Å². The molecular formula is C16H14BrNO6S. The Kier molecular flexibility index (Phi) is 5.58. The van der Waals surface area contributed by atoms with Crippen LogP contribution in [0.3, 0.4) is 0 Å². The van der Waals surface area contributed by atoms with Crippen molar-refractivity contribution in [2.24, 2.45) is 0 Å². The van der Waals surface area contributed by atoms with Crippen LogP contribution in [0.15, 0.2) is 45.8 Å². The molecule has 0 aliphatic rings. The van der Waals surface area contributed by atoms with Crippen LogP contribution in [-0.4, -0.2) is 19.1 Å². The van der Waals surface area contributed by atoms with E-state index in [9.17, 15) is 23.3 Å². The van der Waals surface area contributed by atoms with Crippen molar-refractivity contribution in [3.05, 3.63) is 62.1 Å². The highest BCUT2D eigenvalue weighted by Crippen LogP contribution is 2.29. The molecule has 0 bridgehead atoms. The Hall–Kier alpha value is -2.26. The minimum atomic E-state index is -4.35. The Labute approximate surface area is 153 Å². The van der Waals surface area contributed by atoms with E-state index >= 15 is 0 Å². The standard InChI is InChI=1S/C16H14BrNO6S/c1-3-11-4-6-13(18(20)21)9-16(11)25(22,23)24-15-7-5-12(17)8-14(15)10(2)19/h4-9H,3H2,1-2H3. The van der Waals surface area contributed by atoms with Gasteiger partial charge in [0.2, 0.25) is 0 Å². The summed E-state index contributed by atoms with van der Waals surface area (Å²) in [6.07, 6.45) is 0.343. The van der Waals surface area contributed by atoms with Crippen molar-refractivity contribution in [3.63, 3.8) is 0 Å². The maximum absolute atomic E-state index is 12.6. The Bertz CT molecular complexity index is 955. The second-order valence-electron chi connectivity index (χ2n) is 5.14. The monoisotopic (exact) mass is 427 g/mol. The first-order valence-corrected chi connectivity index (χ1v) is 9.38. The average Bonchev–Trinajstić information content (AvgIpc) is 2.55. The fraction of sp³-hybridized carbons (Fsp3) is 0.188. The molecular weight excluding hydrogens is 414 g/mol. The summed E-state index contributed by atoms with van der Waals surface area (Å²) in [7, 11) is -4.35. The van der Waals surface area contributed by atoms with Gasteiger partial charge in [-0.05, 0) is 37.1 Å². The smallest absolute Gasteiger partial charge is 0.339 e. The number of carbonyl (C=O) groups excluding carboxylic acids is 1. The zero-order valence-corrected chi connectivity index (χ0v) is 15.8. The number of benzene rings is 2. The minimum absolute atomic E-state index is 0.0847. The van der Waals surface area contributed by atoms with E-state index in [1.54, 1.807) is 6.92 Å². The number of rotatable bonds is 6. The normalized spacial score (nSPS) is 11.2. The van der Waals surface area contributed by atoms with Gasteiger partial charge in [-0.15, -0.1) is 0 Å². The number of nitro groups is 1. The van der Waals surface area contributed by atoms with Gasteiger partial charge in [-0.3, -0.25) is 14.9 Å². The maximum atomic E-state index is 12.6. The number of hydrogen-bond donors (Lipinski definition) is 0. The van der Waals surface area contributed by atoms with Gasteiger partial charge in [0.05, 0.1) is 10.5 Å². The number of carbonyl (C=O) groups is 1. The van der Waals surface area contributed by atoms with E-state index in [1.165, 1.54) is 37.3 Å². The fourth-order valence-corrected chi connectivity index (χ4v) is 3.83. The Morgan fingerprint density at radius 2 is 1.92 bits per heavy atom. The fourth-order valence-electron chi connectivity index (χ4n) is 2.19. The Morgan fingerprint density at radius 1 is 1.24 bits per heavy atom. The summed E-state index contributed by atoms with van der Waals surface area (Å²) < 4.78 is 31.0. The second kappa shape index (κ2) is 7.32. The predicted molar refractivity (Wildman–Crippen MR) is 94.4 cm³/mol. The molecule has 0 unspecified atom stereocenters. The molecule has 9 heteroatoms. The lowest BCUT2D eigenvalue weighted by atomic mass is 10.1. The molecule has 0 atom stereocenters.